The van der Waals surface area contributed by atoms with Crippen molar-refractivity contribution in [3.8, 4) is 5.69 Å². The second-order valence-electron chi connectivity index (χ2n) is 6.45. The standard InChI is InChI=1S/C18H11F3N6O3S/c1-9-7-11(27(29)30)4-5-13(9)25-6-2-3-10(25)8-12-14(22)26-17(23-15(12)28)31-16(24-26)18(19,20)21/h2-8,22H,1H3/b12-8+,22-14?. The molecule has 4 rings (SSSR count). The Hall–Kier alpha value is -3.74. The van der Waals surface area contributed by atoms with Gasteiger partial charge >= 0.3 is 6.18 Å². The number of carbonyl (C=O) groups is 1. The number of aromatic nitrogens is 1. The van der Waals surface area contributed by atoms with Gasteiger partial charge in [0.2, 0.25) is 10.2 Å². The minimum absolute atomic E-state index is 0.0794. The molecule has 0 saturated heterocycles. The number of rotatable bonds is 3. The van der Waals surface area contributed by atoms with Crippen molar-refractivity contribution in [1.82, 2.24) is 9.58 Å². The quantitative estimate of drug-likeness (QED) is 0.435. The van der Waals surface area contributed by atoms with Gasteiger partial charge < -0.3 is 4.57 Å². The molecule has 3 heterocycles. The molecule has 1 aromatic heterocycles. The number of hydrazone groups is 1. The van der Waals surface area contributed by atoms with Crippen LogP contribution in [0.15, 0.2) is 52.2 Å². The van der Waals surface area contributed by atoms with E-state index >= 15 is 0 Å². The molecule has 9 nitrogen and oxygen atoms in total. The summed E-state index contributed by atoms with van der Waals surface area (Å²) >= 11 is 0.176. The summed E-state index contributed by atoms with van der Waals surface area (Å²) in [5.74, 6) is -1.40. The molecule has 0 spiro atoms. The van der Waals surface area contributed by atoms with Gasteiger partial charge in [0.15, 0.2) is 5.84 Å². The lowest BCUT2D eigenvalue weighted by Gasteiger charge is -2.20. The SMILES string of the molecule is Cc1cc([N+](=O)[O-])ccc1-n1cccc1/C=C1\C(=N)N2N=C(C(F)(F)F)SC2=NC1=O. The highest BCUT2D eigenvalue weighted by atomic mass is 32.2. The number of nitro benzene ring substituents is 1. The van der Waals surface area contributed by atoms with Gasteiger partial charge in [0.1, 0.15) is 0 Å². The van der Waals surface area contributed by atoms with Crippen molar-refractivity contribution in [3.63, 3.8) is 0 Å². The lowest BCUT2D eigenvalue weighted by atomic mass is 10.1. The van der Waals surface area contributed by atoms with Crippen LogP contribution < -0.4 is 0 Å². The van der Waals surface area contributed by atoms with E-state index in [0.29, 0.717) is 22.0 Å². The molecule has 0 radical (unpaired) electrons. The number of amidine groups is 2. The number of halogens is 3. The molecule has 1 amide bonds. The molecule has 2 aromatic rings. The fourth-order valence-corrected chi connectivity index (χ4v) is 3.77. The number of non-ortho nitro benzene ring substituents is 1. The molecule has 1 aromatic carbocycles. The highest BCUT2D eigenvalue weighted by molar-refractivity contribution is 8.27. The van der Waals surface area contributed by atoms with Crippen molar-refractivity contribution in [1.29, 1.82) is 5.41 Å². The van der Waals surface area contributed by atoms with Crippen LogP contribution in [0, 0.1) is 22.4 Å². The summed E-state index contributed by atoms with van der Waals surface area (Å²) in [7, 11) is 0. The lowest BCUT2D eigenvalue weighted by Crippen LogP contribution is -2.35. The zero-order valence-electron chi connectivity index (χ0n) is 15.5. The summed E-state index contributed by atoms with van der Waals surface area (Å²) in [6.45, 7) is 1.68. The topological polar surface area (TPSA) is 117 Å². The number of hydrogen-bond donors (Lipinski definition) is 1. The number of nitrogens with one attached hydrogen (secondary N) is 1. The number of fused-ring (bicyclic) bond motifs is 1. The average molecular weight is 448 g/mol. The minimum Gasteiger partial charge on any atom is -0.317 e. The van der Waals surface area contributed by atoms with Crippen LogP contribution in [-0.4, -0.2) is 42.6 Å². The summed E-state index contributed by atoms with van der Waals surface area (Å²) in [6, 6.07) is 7.54. The largest absolute Gasteiger partial charge is 0.441 e. The van der Waals surface area contributed by atoms with Crippen LogP contribution in [0.3, 0.4) is 0 Å². The number of aryl methyl sites for hydroxylation is 1. The van der Waals surface area contributed by atoms with Gasteiger partial charge in [-0.1, -0.05) is 0 Å². The van der Waals surface area contributed by atoms with Gasteiger partial charge in [-0.25, -0.2) is 0 Å². The first-order valence-electron chi connectivity index (χ1n) is 8.56. The second kappa shape index (κ2) is 7.19. The van der Waals surface area contributed by atoms with Crippen molar-refractivity contribution in [2.45, 2.75) is 13.1 Å². The first kappa shape index (κ1) is 20.5. The third kappa shape index (κ3) is 3.63. The molecule has 158 valence electrons. The summed E-state index contributed by atoms with van der Waals surface area (Å²) in [6.07, 6.45) is -1.75. The van der Waals surface area contributed by atoms with Gasteiger partial charge in [-0.3, -0.25) is 20.3 Å². The zero-order valence-corrected chi connectivity index (χ0v) is 16.4. The molecule has 0 bridgehead atoms. The number of amides is 1. The molecule has 0 aliphatic carbocycles. The lowest BCUT2D eigenvalue weighted by molar-refractivity contribution is -0.384. The summed E-state index contributed by atoms with van der Waals surface area (Å²) < 4.78 is 40.4. The number of aliphatic imine (C=N–C) groups is 1. The van der Waals surface area contributed by atoms with Gasteiger partial charge in [0, 0.05) is 29.7 Å². The fraction of sp³-hybridized carbons (Fsp3) is 0.111. The third-order valence-corrected chi connectivity index (χ3v) is 5.37. The van der Waals surface area contributed by atoms with Crippen LogP contribution in [0.2, 0.25) is 0 Å². The van der Waals surface area contributed by atoms with E-state index in [2.05, 4.69) is 10.1 Å². The van der Waals surface area contributed by atoms with Crippen molar-refractivity contribution in [2.75, 3.05) is 0 Å². The Morgan fingerprint density at radius 2 is 2.03 bits per heavy atom. The van der Waals surface area contributed by atoms with E-state index in [1.165, 1.54) is 24.3 Å². The number of thioether (sulfide) groups is 1. The van der Waals surface area contributed by atoms with Gasteiger partial charge in [0.25, 0.3) is 11.6 Å². The predicted octanol–water partition coefficient (Wildman–Crippen LogP) is 3.88. The number of hydrogen-bond acceptors (Lipinski definition) is 6. The molecule has 0 unspecified atom stereocenters. The summed E-state index contributed by atoms with van der Waals surface area (Å²) in [5.41, 5.74) is 1.29. The van der Waals surface area contributed by atoms with E-state index in [4.69, 9.17) is 5.41 Å². The fourth-order valence-electron chi connectivity index (χ4n) is 3.01. The highest BCUT2D eigenvalue weighted by Crippen LogP contribution is 2.35. The Bertz CT molecular complexity index is 1240. The van der Waals surface area contributed by atoms with Crippen LogP contribution in [0.25, 0.3) is 11.8 Å². The van der Waals surface area contributed by atoms with Crippen molar-refractivity contribution >= 4 is 45.5 Å². The number of nitro groups is 1. The Kier molecular flexibility index (Phi) is 4.76. The Labute approximate surface area is 176 Å². The highest BCUT2D eigenvalue weighted by Gasteiger charge is 2.46. The minimum atomic E-state index is -4.72. The Morgan fingerprint density at radius 1 is 1.29 bits per heavy atom. The van der Waals surface area contributed by atoms with Crippen molar-refractivity contribution in [3.05, 3.63) is 63.5 Å². The predicted molar refractivity (Wildman–Crippen MR) is 108 cm³/mol. The zero-order chi connectivity index (χ0) is 22.5. The third-order valence-electron chi connectivity index (χ3n) is 4.42. The second-order valence-corrected chi connectivity index (χ2v) is 7.41. The first-order valence-corrected chi connectivity index (χ1v) is 9.38. The van der Waals surface area contributed by atoms with E-state index in [1.807, 2.05) is 0 Å². The van der Waals surface area contributed by atoms with E-state index in [-0.39, 0.29) is 28.2 Å². The number of carbonyl (C=O) groups excluding carboxylic acids is 1. The molecular weight excluding hydrogens is 437 g/mol. The van der Waals surface area contributed by atoms with E-state index < -0.39 is 27.9 Å². The van der Waals surface area contributed by atoms with Crippen molar-refractivity contribution in [2.24, 2.45) is 10.1 Å². The smallest absolute Gasteiger partial charge is 0.317 e. The molecule has 31 heavy (non-hydrogen) atoms. The van der Waals surface area contributed by atoms with E-state index in [0.717, 1.165) is 0 Å². The van der Waals surface area contributed by atoms with Crippen LogP contribution in [0.1, 0.15) is 11.3 Å². The van der Waals surface area contributed by atoms with E-state index in [1.54, 1.807) is 29.8 Å². The van der Waals surface area contributed by atoms with Gasteiger partial charge in [-0.15, -0.1) is 0 Å². The molecule has 13 heteroatoms. The normalized spacial score (nSPS) is 17.7. The van der Waals surface area contributed by atoms with Gasteiger partial charge in [0.05, 0.1) is 10.5 Å². The van der Waals surface area contributed by atoms with Crippen LogP contribution in [0.4, 0.5) is 18.9 Å². The molecule has 0 fully saturated rings. The molecule has 0 atom stereocenters. The van der Waals surface area contributed by atoms with Crippen molar-refractivity contribution < 1.29 is 22.9 Å². The first-order chi connectivity index (χ1) is 14.6. The van der Waals surface area contributed by atoms with Gasteiger partial charge in [-0.2, -0.15) is 28.3 Å². The number of alkyl halides is 3. The van der Waals surface area contributed by atoms with Crippen LogP contribution in [-0.2, 0) is 4.79 Å². The average Bonchev–Trinajstić information content (AvgIpc) is 3.31. The van der Waals surface area contributed by atoms with E-state index in [9.17, 15) is 28.1 Å². The van der Waals surface area contributed by atoms with Gasteiger partial charge in [-0.05, 0) is 48.5 Å². The summed E-state index contributed by atoms with van der Waals surface area (Å²) in [5, 5.41) is 21.6. The van der Waals surface area contributed by atoms with Crippen LogP contribution in [0.5, 0.6) is 0 Å². The monoisotopic (exact) mass is 448 g/mol. The Morgan fingerprint density at radius 3 is 2.68 bits per heavy atom. The maximum Gasteiger partial charge on any atom is 0.441 e. The molecule has 0 saturated carbocycles. The summed E-state index contributed by atoms with van der Waals surface area (Å²) in [4.78, 5) is 26.5. The molecule has 1 N–H and O–H groups in total. The Balaban J connectivity index is 1.73. The molecule has 2 aliphatic heterocycles. The maximum absolute atomic E-state index is 12.9. The maximum atomic E-state index is 12.9. The number of nitrogens with zero attached hydrogens (tertiary/aromatic N) is 5. The molecular formula is C18H11F3N6O3S. The van der Waals surface area contributed by atoms with Crippen LogP contribution >= 0.6 is 11.8 Å². The number of benzene rings is 1. The molecule has 2 aliphatic rings.